The molecule has 2 heterocycles. The van der Waals surface area contributed by atoms with Gasteiger partial charge in [-0.25, -0.2) is 4.39 Å². The highest BCUT2D eigenvalue weighted by molar-refractivity contribution is 6.31. The first-order valence-corrected chi connectivity index (χ1v) is 10.8. The molecule has 2 aromatic carbocycles. The number of carbonyl (C=O) groups excluding carboxylic acids is 1. The van der Waals surface area contributed by atoms with Crippen LogP contribution < -0.4 is 10.6 Å². The lowest BCUT2D eigenvalue weighted by Crippen LogP contribution is -2.49. The van der Waals surface area contributed by atoms with Crippen molar-refractivity contribution in [2.24, 2.45) is 5.41 Å². The molecule has 0 aliphatic carbocycles. The highest BCUT2D eigenvalue weighted by Crippen LogP contribution is 2.56. The Morgan fingerprint density at radius 2 is 1.87 bits per heavy atom. The quantitative estimate of drug-likeness (QED) is 0.599. The molecule has 0 bridgehead atoms. The van der Waals surface area contributed by atoms with Crippen molar-refractivity contribution in [1.29, 1.82) is 0 Å². The van der Waals surface area contributed by atoms with E-state index in [4.69, 9.17) is 23.2 Å². The van der Waals surface area contributed by atoms with Crippen LogP contribution in [0.15, 0.2) is 36.4 Å². The first kappa shape index (κ1) is 22.1. The summed E-state index contributed by atoms with van der Waals surface area (Å²) in [6, 6.07) is 7.42. The Hall–Kier alpha value is -2.15. The zero-order chi connectivity index (χ0) is 22.7. The fourth-order valence-electron chi connectivity index (χ4n) is 5.16. The molecule has 1 fully saturated rings. The molecule has 0 saturated carbocycles. The molecule has 1 spiro atoms. The molecule has 2 aliphatic heterocycles. The van der Waals surface area contributed by atoms with Gasteiger partial charge in [-0.15, -0.1) is 0 Å². The van der Waals surface area contributed by atoms with Gasteiger partial charge >= 0.3 is 5.97 Å². The number of amides is 1. The third kappa shape index (κ3) is 3.60. The van der Waals surface area contributed by atoms with Crippen molar-refractivity contribution in [2.75, 3.05) is 5.32 Å². The van der Waals surface area contributed by atoms with Gasteiger partial charge in [-0.3, -0.25) is 14.9 Å². The van der Waals surface area contributed by atoms with Crippen molar-refractivity contribution in [1.82, 2.24) is 5.32 Å². The number of aliphatic carboxylic acids is 1. The minimum Gasteiger partial charge on any atom is -0.480 e. The molecular weight excluding hydrogens is 442 g/mol. The van der Waals surface area contributed by atoms with E-state index < -0.39 is 35.2 Å². The van der Waals surface area contributed by atoms with Gasteiger partial charge in [0.1, 0.15) is 17.3 Å². The Balaban J connectivity index is 2.02. The maximum absolute atomic E-state index is 14.3. The second-order valence-electron chi connectivity index (χ2n) is 9.49. The number of anilines is 1. The number of hydrogen-bond acceptors (Lipinski definition) is 3. The van der Waals surface area contributed by atoms with E-state index in [0.717, 1.165) is 6.07 Å². The van der Waals surface area contributed by atoms with E-state index in [0.29, 0.717) is 28.3 Å². The minimum atomic E-state index is -1.27. The van der Waals surface area contributed by atoms with Crippen LogP contribution in [0.2, 0.25) is 10.0 Å². The second-order valence-corrected chi connectivity index (χ2v) is 10.4. The number of fused-ring (bicyclic) bond motifs is 2. The van der Waals surface area contributed by atoms with Crippen molar-refractivity contribution < 1.29 is 19.1 Å². The SMILES string of the molecule is CC(C)(C)C[C@@H]1N[C@@H](C(=O)O)[C@@H](c2cc(F)cc(Cl)c2)[C@]12C(=O)Nc1cc(Cl)ccc12. The summed E-state index contributed by atoms with van der Waals surface area (Å²) in [4.78, 5) is 26.0. The van der Waals surface area contributed by atoms with Gasteiger partial charge in [-0.05, 0) is 53.3 Å². The van der Waals surface area contributed by atoms with Crippen LogP contribution in [-0.4, -0.2) is 29.1 Å². The van der Waals surface area contributed by atoms with Gasteiger partial charge in [0.25, 0.3) is 0 Å². The Kier molecular flexibility index (Phi) is 5.31. The van der Waals surface area contributed by atoms with Crippen molar-refractivity contribution in [3.8, 4) is 0 Å². The van der Waals surface area contributed by atoms with Gasteiger partial charge in [-0.2, -0.15) is 0 Å². The molecule has 2 aromatic rings. The molecule has 8 heteroatoms. The molecule has 31 heavy (non-hydrogen) atoms. The van der Waals surface area contributed by atoms with E-state index >= 15 is 0 Å². The summed E-state index contributed by atoms with van der Waals surface area (Å²) in [6.45, 7) is 6.08. The number of benzene rings is 2. The zero-order valence-corrected chi connectivity index (χ0v) is 18.8. The number of nitrogens with one attached hydrogen (secondary N) is 2. The molecule has 4 rings (SSSR count). The highest BCUT2D eigenvalue weighted by Gasteiger charge is 2.65. The third-order valence-corrected chi connectivity index (χ3v) is 6.59. The predicted octanol–water partition coefficient (Wildman–Crippen LogP) is 4.97. The monoisotopic (exact) mass is 464 g/mol. The lowest BCUT2D eigenvalue weighted by atomic mass is 9.62. The summed E-state index contributed by atoms with van der Waals surface area (Å²) >= 11 is 12.3. The summed E-state index contributed by atoms with van der Waals surface area (Å²) in [5.41, 5.74) is 0.0687. The maximum Gasteiger partial charge on any atom is 0.321 e. The van der Waals surface area contributed by atoms with Crippen LogP contribution in [-0.2, 0) is 15.0 Å². The first-order valence-electron chi connectivity index (χ1n) is 10.00. The number of rotatable bonds is 3. The van der Waals surface area contributed by atoms with E-state index in [1.54, 1.807) is 18.2 Å². The van der Waals surface area contributed by atoms with Gasteiger partial charge < -0.3 is 10.4 Å². The van der Waals surface area contributed by atoms with Gasteiger partial charge in [0.2, 0.25) is 5.91 Å². The second kappa shape index (κ2) is 7.47. The van der Waals surface area contributed by atoms with Crippen LogP contribution in [0.1, 0.15) is 44.2 Å². The molecule has 0 aromatic heterocycles. The van der Waals surface area contributed by atoms with E-state index in [2.05, 4.69) is 10.6 Å². The van der Waals surface area contributed by atoms with Crippen LogP contribution >= 0.6 is 23.2 Å². The van der Waals surface area contributed by atoms with Gasteiger partial charge in [0, 0.05) is 27.7 Å². The van der Waals surface area contributed by atoms with Crippen LogP contribution in [0, 0.1) is 11.2 Å². The molecule has 0 unspecified atom stereocenters. The molecule has 5 nitrogen and oxygen atoms in total. The molecule has 0 radical (unpaired) electrons. The smallest absolute Gasteiger partial charge is 0.321 e. The van der Waals surface area contributed by atoms with Gasteiger partial charge in [-0.1, -0.05) is 50.0 Å². The van der Waals surface area contributed by atoms with Crippen molar-refractivity contribution in [2.45, 2.75) is 50.6 Å². The Labute approximate surface area is 189 Å². The van der Waals surface area contributed by atoms with Crippen molar-refractivity contribution in [3.63, 3.8) is 0 Å². The number of carbonyl (C=O) groups is 2. The van der Waals surface area contributed by atoms with Crippen LogP contribution in [0.5, 0.6) is 0 Å². The Morgan fingerprint density at radius 1 is 1.16 bits per heavy atom. The van der Waals surface area contributed by atoms with Crippen LogP contribution in [0.4, 0.5) is 10.1 Å². The number of carboxylic acid groups (broad SMARTS) is 1. The van der Waals surface area contributed by atoms with Gasteiger partial charge in [0.15, 0.2) is 0 Å². The summed E-state index contributed by atoms with van der Waals surface area (Å²) in [5.74, 6) is -2.92. The number of hydrogen-bond donors (Lipinski definition) is 3. The first-order chi connectivity index (χ1) is 14.4. The molecular formula is C23H23Cl2FN2O3. The van der Waals surface area contributed by atoms with Crippen molar-refractivity contribution >= 4 is 40.8 Å². The molecule has 1 amide bonds. The molecule has 164 valence electrons. The Morgan fingerprint density at radius 3 is 2.48 bits per heavy atom. The van der Waals surface area contributed by atoms with E-state index in [1.165, 1.54) is 12.1 Å². The minimum absolute atomic E-state index is 0.142. The third-order valence-electron chi connectivity index (χ3n) is 6.13. The fraction of sp³-hybridized carbons (Fsp3) is 0.391. The summed E-state index contributed by atoms with van der Waals surface area (Å²) in [5, 5.41) is 16.8. The maximum atomic E-state index is 14.3. The van der Waals surface area contributed by atoms with Crippen molar-refractivity contribution in [3.05, 3.63) is 63.4 Å². The van der Waals surface area contributed by atoms with E-state index in [1.807, 2.05) is 20.8 Å². The predicted molar refractivity (Wildman–Crippen MR) is 118 cm³/mol. The standard InChI is InChI=1S/C23H23Cl2FN2O3/c1-22(2,3)10-17-23(15-5-4-12(24)9-16(15)27-21(23)31)18(19(28-17)20(29)30)11-6-13(25)8-14(26)7-11/h4-9,17-19,28H,10H2,1-3H3,(H,27,31)(H,29,30)/t17-,18+,19+,23+/m0/s1. The fourth-order valence-corrected chi connectivity index (χ4v) is 5.57. The van der Waals surface area contributed by atoms with Crippen LogP contribution in [0.25, 0.3) is 0 Å². The zero-order valence-electron chi connectivity index (χ0n) is 17.3. The lowest BCUT2D eigenvalue weighted by Gasteiger charge is -2.37. The van der Waals surface area contributed by atoms with Crippen LogP contribution in [0.3, 0.4) is 0 Å². The number of carboxylic acids is 1. The summed E-state index contributed by atoms with van der Waals surface area (Å²) < 4.78 is 14.3. The summed E-state index contributed by atoms with van der Waals surface area (Å²) in [6.07, 6.45) is 0.520. The van der Waals surface area contributed by atoms with E-state index in [-0.39, 0.29) is 16.3 Å². The average molecular weight is 465 g/mol. The topological polar surface area (TPSA) is 78.4 Å². The average Bonchev–Trinajstić information content (AvgIpc) is 3.09. The van der Waals surface area contributed by atoms with Gasteiger partial charge in [0.05, 0.1) is 0 Å². The molecule has 4 atom stereocenters. The Bertz CT molecular complexity index is 1060. The normalized spacial score (nSPS) is 27.4. The van der Waals surface area contributed by atoms with E-state index in [9.17, 15) is 19.1 Å². The number of halogens is 3. The summed E-state index contributed by atoms with van der Waals surface area (Å²) in [7, 11) is 0. The molecule has 2 aliphatic rings. The molecule has 1 saturated heterocycles. The largest absolute Gasteiger partial charge is 0.480 e. The highest BCUT2D eigenvalue weighted by atomic mass is 35.5. The lowest BCUT2D eigenvalue weighted by molar-refractivity contribution is -0.139. The molecule has 3 N–H and O–H groups in total.